The van der Waals surface area contributed by atoms with Gasteiger partial charge in [-0.05, 0) is 6.42 Å². The number of piperidine rings is 1. The van der Waals surface area contributed by atoms with Crippen molar-refractivity contribution >= 4 is 5.96 Å². The molecule has 1 saturated heterocycles. The third-order valence-electron chi connectivity index (χ3n) is 2.05. The van der Waals surface area contributed by atoms with Crippen molar-refractivity contribution in [2.75, 3.05) is 20.2 Å². The summed E-state index contributed by atoms with van der Waals surface area (Å²) in [6, 6.07) is 0. The molecule has 0 spiro atoms. The molecule has 3 N–H and O–H groups in total. The number of hydrogen-bond acceptors (Lipinski definition) is 2. The highest BCUT2D eigenvalue weighted by Crippen LogP contribution is 2.09. The normalized spacial score (nSPS) is 26.8. The quantitative estimate of drug-likeness (QED) is 0.315. The van der Waals surface area contributed by atoms with Crippen LogP contribution in [0.2, 0.25) is 0 Å². The van der Waals surface area contributed by atoms with Crippen LogP contribution in [-0.2, 0) is 4.74 Å². The second kappa shape index (κ2) is 3.69. The van der Waals surface area contributed by atoms with E-state index < -0.39 is 0 Å². The molecule has 0 aromatic rings. The highest BCUT2D eigenvalue weighted by atomic mass is 16.5. The van der Waals surface area contributed by atoms with Gasteiger partial charge in [-0.3, -0.25) is 0 Å². The van der Waals surface area contributed by atoms with Crippen LogP contribution in [0.1, 0.15) is 12.8 Å². The highest BCUT2D eigenvalue weighted by Gasteiger charge is 2.29. The van der Waals surface area contributed by atoms with Gasteiger partial charge < -0.3 is 10.5 Å². The Morgan fingerprint density at radius 3 is 3.00 bits per heavy atom. The minimum Gasteiger partial charge on any atom is -0.375 e. The van der Waals surface area contributed by atoms with Crippen LogP contribution in [0.25, 0.3) is 0 Å². The first-order chi connectivity index (χ1) is 5.24. The van der Waals surface area contributed by atoms with E-state index in [2.05, 4.69) is 0 Å². The second-order valence-corrected chi connectivity index (χ2v) is 2.83. The Balaban J connectivity index is 2.39. The van der Waals surface area contributed by atoms with Crippen LogP contribution in [0, 0.1) is 5.41 Å². The fourth-order valence-electron chi connectivity index (χ4n) is 1.35. The largest absolute Gasteiger partial charge is 0.375 e. The van der Waals surface area contributed by atoms with Gasteiger partial charge in [-0.25, -0.2) is 5.41 Å². The summed E-state index contributed by atoms with van der Waals surface area (Å²) < 4.78 is 5.18. The summed E-state index contributed by atoms with van der Waals surface area (Å²) >= 11 is 0. The average molecular weight is 157 g/mol. The standard InChI is InChI=1S/C7H15N3O/c1-11-6-3-2-4-10(5-6)7(8)9/h6H,2-5H2,1H3,(H3,8,9)/q+1. The van der Waals surface area contributed by atoms with Gasteiger partial charge in [0.15, 0.2) is 6.54 Å². The van der Waals surface area contributed by atoms with Crippen LogP contribution in [0.15, 0.2) is 0 Å². The minimum atomic E-state index is 0.159. The average Bonchev–Trinajstić information content (AvgIpc) is 2.05. The molecule has 1 radical (unpaired) electrons. The van der Waals surface area contributed by atoms with E-state index in [-0.39, 0.29) is 12.1 Å². The molecule has 0 bridgehead atoms. The Kier molecular flexibility index (Phi) is 2.84. The summed E-state index contributed by atoms with van der Waals surface area (Å²) in [7, 11) is 1.70. The van der Waals surface area contributed by atoms with Crippen molar-refractivity contribution in [2.24, 2.45) is 5.73 Å². The Morgan fingerprint density at radius 2 is 2.45 bits per heavy atom. The number of likely N-dealkylation sites (tertiary alicyclic amines) is 1. The number of nitrogens with two attached hydrogens (primary N) is 1. The molecular formula is C7H15N3O+. The van der Waals surface area contributed by atoms with E-state index >= 15 is 0 Å². The Bertz CT molecular complexity index is 149. The number of ether oxygens (including phenoxy) is 1. The van der Waals surface area contributed by atoms with Crippen LogP contribution in [-0.4, -0.2) is 32.3 Å². The van der Waals surface area contributed by atoms with E-state index in [1.54, 1.807) is 7.11 Å². The van der Waals surface area contributed by atoms with Gasteiger partial charge in [0.25, 0.3) is 0 Å². The SMILES string of the molecule is COC1CCC[N+](C(=N)N)C1. The van der Waals surface area contributed by atoms with E-state index in [0.717, 1.165) is 25.9 Å². The molecule has 0 aromatic carbocycles. The van der Waals surface area contributed by atoms with Crippen LogP contribution in [0.4, 0.5) is 0 Å². The summed E-state index contributed by atoms with van der Waals surface area (Å²) in [6.45, 7) is 1.67. The smallest absolute Gasteiger partial charge is 0.341 e. The second-order valence-electron chi connectivity index (χ2n) is 2.83. The molecule has 1 aliphatic rings. The number of rotatable bonds is 1. The lowest BCUT2D eigenvalue weighted by Crippen LogP contribution is -2.50. The van der Waals surface area contributed by atoms with Crippen molar-refractivity contribution in [1.29, 1.82) is 5.41 Å². The Hall–Kier alpha value is -0.610. The maximum absolute atomic E-state index is 7.20. The Morgan fingerprint density at radius 1 is 1.73 bits per heavy atom. The lowest BCUT2D eigenvalue weighted by atomic mass is 10.1. The van der Waals surface area contributed by atoms with Crippen molar-refractivity contribution < 1.29 is 4.74 Å². The monoisotopic (exact) mass is 157 g/mol. The fourth-order valence-corrected chi connectivity index (χ4v) is 1.35. The van der Waals surface area contributed by atoms with Gasteiger partial charge in [0.05, 0.1) is 0 Å². The number of methoxy groups -OCH3 is 1. The van der Waals surface area contributed by atoms with Gasteiger partial charge in [0.2, 0.25) is 0 Å². The lowest BCUT2D eigenvalue weighted by molar-refractivity contribution is 0.0709. The van der Waals surface area contributed by atoms with Crippen molar-refractivity contribution in [3.8, 4) is 0 Å². The number of nitrogens with one attached hydrogen (secondary N) is 1. The molecule has 0 saturated carbocycles. The first kappa shape index (κ1) is 8.49. The highest BCUT2D eigenvalue weighted by molar-refractivity contribution is 5.77. The van der Waals surface area contributed by atoms with E-state index in [9.17, 15) is 0 Å². The summed E-state index contributed by atoms with van der Waals surface area (Å²) in [4.78, 5) is 1.84. The molecule has 4 heteroatoms. The molecule has 4 nitrogen and oxygen atoms in total. The van der Waals surface area contributed by atoms with Gasteiger partial charge in [-0.15, -0.1) is 0 Å². The summed E-state index contributed by atoms with van der Waals surface area (Å²) in [5.41, 5.74) is 5.34. The zero-order valence-corrected chi connectivity index (χ0v) is 6.84. The predicted octanol–water partition coefficient (Wildman–Crippen LogP) is -0.171. The summed E-state index contributed by atoms with van der Waals surface area (Å²) in [6.07, 6.45) is 2.41. The third-order valence-corrected chi connectivity index (χ3v) is 2.05. The van der Waals surface area contributed by atoms with Gasteiger partial charge >= 0.3 is 5.96 Å². The fraction of sp³-hybridized carbons (Fsp3) is 0.857. The molecule has 1 heterocycles. The topological polar surface area (TPSA) is 65.0 Å². The number of nitrogens with zero attached hydrogens (tertiary/aromatic N) is 1. The van der Waals surface area contributed by atoms with Crippen LogP contribution >= 0.6 is 0 Å². The molecule has 1 unspecified atom stereocenters. The van der Waals surface area contributed by atoms with Crippen LogP contribution < -0.4 is 10.6 Å². The Labute approximate surface area is 66.8 Å². The molecule has 0 aliphatic carbocycles. The predicted molar refractivity (Wildman–Crippen MR) is 43.8 cm³/mol. The molecule has 63 valence electrons. The van der Waals surface area contributed by atoms with E-state index in [1.807, 2.05) is 4.90 Å². The summed E-state index contributed by atoms with van der Waals surface area (Å²) in [5.74, 6) is 0.159. The number of guanidine groups is 1. The molecule has 0 aromatic heterocycles. The van der Waals surface area contributed by atoms with Gasteiger partial charge in [0.1, 0.15) is 12.6 Å². The van der Waals surface area contributed by atoms with Gasteiger partial charge in [-0.1, -0.05) is 4.90 Å². The van der Waals surface area contributed by atoms with Gasteiger partial charge in [-0.2, -0.15) is 0 Å². The minimum absolute atomic E-state index is 0.159. The molecule has 11 heavy (non-hydrogen) atoms. The third kappa shape index (κ3) is 2.17. The van der Waals surface area contributed by atoms with E-state index in [0.29, 0.717) is 0 Å². The maximum atomic E-state index is 7.20. The molecule has 1 fully saturated rings. The first-order valence-corrected chi connectivity index (χ1v) is 3.86. The van der Waals surface area contributed by atoms with Crippen LogP contribution in [0.5, 0.6) is 0 Å². The van der Waals surface area contributed by atoms with E-state index in [1.165, 1.54) is 0 Å². The molecule has 0 amide bonds. The molecule has 1 atom stereocenters. The van der Waals surface area contributed by atoms with Gasteiger partial charge in [0, 0.05) is 13.5 Å². The summed E-state index contributed by atoms with van der Waals surface area (Å²) in [5, 5.41) is 7.20. The van der Waals surface area contributed by atoms with Crippen molar-refractivity contribution in [3.63, 3.8) is 0 Å². The van der Waals surface area contributed by atoms with Crippen molar-refractivity contribution in [2.45, 2.75) is 18.9 Å². The maximum Gasteiger partial charge on any atom is 0.341 e. The van der Waals surface area contributed by atoms with Crippen molar-refractivity contribution in [3.05, 3.63) is 0 Å². The van der Waals surface area contributed by atoms with E-state index in [4.69, 9.17) is 15.9 Å². The van der Waals surface area contributed by atoms with Crippen LogP contribution in [0.3, 0.4) is 0 Å². The zero-order chi connectivity index (χ0) is 8.27. The van der Waals surface area contributed by atoms with Crippen molar-refractivity contribution in [1.82, 2.24) is 4.90 Å². The number of hydrogen-bond donors (Lipinski definition) is 2. The molecular weight excluding hydrogens is 142 g/mol. The first-order valence-electron chi connectivity index (χ1n) is 3.86. The zero-order valence-electron chi connectivity index (χ0n) is 6.84. The lowest BCUT2D eigenvalue weighted by Gasteiger charge is -2.21. The molecule has 1 aliphatic heterocycles. The molecule has 1 rings (SSSR count).